The number of nitrogens with zero attached hydrogens (tertiary/aromatic N) is 2. The first kappa shape index (κ1) is 16.5. The Labute approximate surface area is 138 Å². The molecule has 6 nitrogen and oxygen atoms in total. The molecule has 1 atom stereocenters. The lowest BCUT2D eigenvalue weighted by Crippen LogP contribution is -2.46. The summed E-state index contributed by atoms with van der Waals surface area (Å²) >= 11 is 0. The smallest absolute Gasteiger partial charge is 0.282 e. The number of ether oxygens (including phenoxy) is 2. The quantitative estimate of drug-likeness (QED) is 0.839. The first-order chi connectivity index (χ1) is 11.0. The van der Waals surface area contributed by atoms with Crippen LogP contribution in [0.5, 0.6) is 11.5 Å². The van der Waals surface area contributed by atoms with Crippen LogP contribution in [0.25, 0.3) is 0 Å². The highest BCUT2D eigenvalue weighted by Crippen LogP contribution is 2.31. The molecular weight excluding hydrogens is 316 g/mol. The van der Waals surface area contributed by atoms with Gasteiger partial charge in [-0.3, -0.25) is 0 Å². The molecule has 0 spiro atoms. The zero-order valence-electron chi connectivity index (χ0n) is 13.7. The molecule has 0 N–H and O–H groups in total. The van der Waals surface area contributed by atoms with Crippen molar-refractivity contribution in [1.82, 2.24) is 8.61 Å². The maximum Gasteiger partial charge on any atom is 0.282 e. The number of hydrogen-bond donors (Lipinski definition) is 0. The minimum absolute atomic E-state index is 0.323. The normalized spacial score (nSPS) is 22.3. The molecule has 7 heteroatoms. The maximum absolute atomic E-state index is 12.7. The second-order valence-corrected chi connectivity index (χ2v) is 8.38. The minimum Gasteiger partial charge on any atom is -0.486 e. The van der Waals surface area contributed by atoms with Crippen LogP contribution in [0.1, 0.15) is 25.3 Å². The summed E-state index contributed by atoms with van der Waals surface area (Å²) in [7, 11) is -1.79. The molecule has 2 heterocycles. The number of rotatable bonds is 4. The molecule has 23 heavy (non-hydrogen) atoms. The Morgan fingerprint density at radius 1 is 1.26 bits per heavy atom. The average Bonchev–Trinajstić information content (AvgIpc) is 2.54. The van der Waals surface area contributed by atoms with E-state index in [1.165, 1.54) is 4.31 Å². The van der Waals surface area contributed by atoms with Crippen molar-refractivity contribution in [3.8, 4) is 11.5 Å². The number of benzene rings is 1. The number of fused-ring (bicyclic) bond motifs is 1. The highest BCUT2D eigenvalue weighted by molar-refractivity contribution is 7.86. The SMILES string of the molecule is CC1CCCN(S(=O)(=O)N(C)Cc2ccc3c(c2)OCCO3)C1. The van der Waals surface area contributed by atoms with Crippen molar-refractivity contribution in [3.05, 3.63) is 23.8 Å². The summed E-state index contributed by atoms with van der Waals surface area (Å²) in [5, 5.41) is 0. The van der Waals surface area contributed by atoms with E-state index in [0.29, 0.717) is 44.5 Å². The van der Waals surface area contributed by atoms with Gasteiger partial charge in [0, 0.05) is 26.7 Å². The van der Waals surface area contributed by atoms with Crippen molar-refractivity contribution in [2.75, 3.05) is 33.4 Å². The summed E-state index contributed by atoms with van der Waals surface area (Å²) in [5.74, 6) is 1.82. The van der Waals surface area contributed by atoms with Crippen LogP contribution in [-0.4, -0.2) is 50.4 Å². The van der Waals surface area contributed by atoms with Gasteiger partial charge in [0.25, 0.3) is 10.2 Å². The summed E-state index contributed by atoms with van der Waals surface area (Å²) in [6, 6.07) is 5.59. The van der Waals surface area contributed by atoms with Crippen LogP contribution in [0, 0.1) is 5.92 Å². The molecule has 2 aliphatic rings. The van der Waals surface area contributed by atoms with Gasteiger partial charge in [0.15, 0.2) is 11.5 Å². The molecule has 1 saturated heterocycles. The van der Waals surface area contributed by atoms with Crippen LogP contribution in [0.2, 0.25) is 0 Å². The summed E-state index contributed by atoms with van der Waals surface area (Å²) in [5.41, 5.74) is 0.894. The number of hydrogen-bond acceptors (Lipinski definition) is 4. The third-order valence-electron chi connectivity index (χ3n) is 4.35. The molecule has 1 aromatic rings. The lowest BCUT2D eigenvalue weighted by molar-refractivity contribution is 0.171. The van der Waals surface area contributed by atoms with Gasteiger partial charge in [-0.05, 0) is 36.5 Å². The molecule has 3 rings (SSSR count). The van der Waals surface area contributed by atoms with Gasteiger partial charge in [0.05, 0.1) is 0 Å². The van der Waals surface area contributed by atoms with Crippen molar-refractivity contribution in [2.45, 2.75) is 26.3 Å². The van der Waals surface area contributed by atoms with E-state index < -0.39 is 10.2 Å². The highest BCUT2D eigenvalue weighted by atomic mass is 32.2. The van der Waals surface area contributed by atoms with Crippen molar-refractivity contribution in [3.63, 3.8) is 0 Å². The van der Waals surface area contributed by atoms with Crippen molar-refractivity contribution < 1.29 is 17.9 Å². The Hall–Kier alpha value is -1.31. The molecule has 0 amide bonds. The van der Waals surface area contributed by atoms with Gasteiger partial charge in [-0.1, -0.05) is 13.0 Å². The van der Waals surface area contributed by atoms with Gasteiger partial charge in [-0.25, -0.2) is 0 Å². The molecular formula is C16H24N2O4S. The van der Waals surface area contributed by atoms with Gasteiger partial charge in [-0.2, -0.15) is 17.0 Å². The van der Waals surface area contributed by atoms with Crippen LogP contribution in [0.3, 0.4) is 0 Å². The molecule has 0 aliphatic carbocycles. The fourth-order valence-electron chi connectivity index (χ4n) is 3.08. The fraction of sp³-hybridized carbons (Fsp3) is 0.625. The Morgan fingerprint density at radius 3 is 2.74 bits per heavy atom. The lowest BCUT2D eigenvalue weighted by Gasteiger charge is -2.33. The van der Waals surface area contributed by atoms with Gasteiger partial charge in [0.1, 0.15) is 13.2 Å². The maximum atomic E-state index is 12.7. The van der Waals surface area contributed by atoms with Gasteiger partial charge >= 0.3 is 0 Å². The van der Waals surface area contributed by atoms with Gasteiger partial charge < -0.3 is 9.47 Å². The predicted octanol–water partition coefficient (Wildman–Crippen LogP) is 1.87. The van der Waals surface area contributed by atoms with Crippen LogP contribution in [0.4, 0.5) is 0 Å². The Balaban J connectivity index is 1.71. The van der Waals surface area contributed by atoms with Crippen molar-refractivity contribution in [2.24, 2.45) is 5.92 Å². The van der Waals surface area contributed by atoms with Gasteiger partial charge in [-0.15, -0.1) is 0 Å². The van der Waals surface area contributed by atoms with E-state index in [2.05, 4.69) is 6.92 Å². The van der Waals surface area contributed by atoms with Crippen LogP contribution in [-0.2, 0) is 16.8 Å². The van der Waals surface area contributed by atoms with E-state index in [-0.39, 0.29) is 0 Å². The number of piperidine rings is 1. The Bertz CT molecular complexity index is 662. The standard InChI is InChI=1S/C16H24N2O4S/c1-13-4-3-7-18(11-13)23(19,20)17(2)12-14-5-6-15-16(10-14)22-9-8-21-15/h5-6,10,13H,3-4,7-9,11-12H2,1-2H3. The molecule has 1 unspecified atom stereocenters. The second kappa shape index (κ2) is 6.67. The zero-order valence-corrected chi connectivity index (χ0v) is 14.5. The molecule has 0 bridgehead atoms. The zero-order chi connectivity index (χ0) is 16.4. The highest BCUT2D eigenvalue weighted by Gasteiger charge is 2.30. The minimum atomic E-state index is -3.42. The summed E-state index contributed by atoms with van der Waals surface area (Å²) < 4.78 is 39.5. The van der Waals surface area contributed by atoms with Gasteiger partial charge in [0.2, 0.25) is 0 Å². The van der Waals surface area contributed by atoms with Crippen LogP contribution in [0.15, 0.2) is 18.2 Å². The van der Waals surface area contributed by atoms with Crippen molar-refractivity contribution >= 4 is 10.2 Å². The Morgan fingerprint density at radius 2 is 2.00 bits per heavy atom. The molecule has 1 aromatic carbocycles. The summed E-state index contributed by atoms with van der Waals surface area (Å²) in [6.07, 6.45) is 2.02. The molecule has 2 aliphatic heterocycles. The Kier molecular flexibility index (Phi) is 4.79. The first-order valence-electron chi connectivity index (χ1n) is 8.07. The molecule has 1 fully saturated rings. The van der Waals surface area contributed by atoms with E-state index in [1.807, 2.05) is 18.2 Å². The van der Waals surface area contributed by atoms with E-state index in [4.69, 9.17) is 9.47 Å². The van der Waals surface area contributed by atoms with E-state index in [0.717, 1.165) is 24.2 Å². The average molecular weight is 340 g/mol. The molecule has 128 valence electrons. The summed E-state index contributed by atoms with van der Waals surface area (Å²) in [6.45, 7) is 4.71. The molecule has 0 aromatic heterocycles. The van der Waals surface area contributed by atoms with Crippen LogP contribution >= 0.6 is 0 Å². The third-order valence-corrected chi connectivity index (χ3v) is 6.25. The largest absolute Gasteiger partial charge is 0.486 e. The molecule has 0 saturated carbocycles. The van der Waals surface area contributed by atoms with Crippen LogP contribution < -0.4 is 9.47 Å². The topological polar surface area (TPSA) is 59.1 Å². The van der Waals surface area contributed by atoms with Crippen molar-refractivity contribution in [1.29, 1.82) is 0 Å². The van der Waals surface area contributed by atoms with E-state index in [9.17, 15) is 8.42 Å². The third kappa shape index (κ3) is 3.62. The second-order valence-electron chi connectivity index (χ2n) is 6.35. The monoisotopic (exact) mass is 340 g/mol. The molecule has 0 radical (unpaired) electrons. The first-order valence-corrected chi connectivity index (χ1v) is 9.46. The van der Waals surface area contributed by atoms with E-state index in [1.54, 1.807) is 11.4 Å². The summed E-state index contributed by atoms with van der Waals surface area (Å²) in [4.78, 5) is 0. The lowest BCUT2D eigenvalue weighted by atomic mass is 10.0. The predicted molar refractivity (Wildman–Crippen MR) is 87.8 cm³/mol. The van der Waals surface area contributed by atoms with E-state index >= 15 is 0 Å². The fourth-order valence-corrected chi connectivity index (χ4v) is 4.59.